The molecular formula is C22H28N4O3. The molecule has 1 saturated heterocycles. The van der Waals surface area contributed by atoms with Crippen LogP contribution in [-0.4, -0.2) is 35.4 Å². The molecule has 7 nitrogen and oxygen atoms in total. The summed E-state index contributed by atoms with van der Waals surface area (Å²) in [6, 6.07) is 14.7. The fourth-order valence-corrected chi connectivity index (χ4v) is 3.62. The zero-order valence-corrected chi connectivity index (χ0v) is 16.6. The third kappa shape index (κ3) is 6.29. The molecule has 1 heterocycles. The van der Waals surface area contributed by atoms with Crippen LogP contribution < -0.4 is 10.6 Å². The van der Waals surface area contributed by atoms with Crippen molar-refractivity contribution in [3.05, 3.63) is 69.8 Å². The van der Waals surface area contributed by atoms with Crippen LogP contribution in [0, 0.1) is 10.1 Å². The Labute approximate surface area is 171 Å². The number of benzene rings is 2. The smallest absolute Gasteiger partial charge is 0.292 e. The van der Waals surface area contributed by atoms with Crippen LogP contribution in [0.25, 0.3) is 0 Å². The standard InChI is InChI=1S/C22H28N4O3/c27-22(12-13-23-20-10-4-5-11-21(20)26(28)29)24-16-18-8-2-3-9-19(18)17-25-14-6-1-7-15-25/h2-5,8-11,23H,1,6-7,12-17H2,(H,24,27). The first-order valence-corrected chi connectivity index (χ1v) is 10.2. The second kappa shape index (κ2) is 10.6. The first-order chi connectivity index (χ1) is 14.1. The number of nitrogens with one attached hydrogen (secondary N) is 2. The number of anilines is 1. The summed E-state index contributed by atoms with van der Waals surface area (Å²) in [5, 5.41) is 17.0. The predicted molar refractivity (Wildman–Crippen MR) is 114 cm³/mol. The van der Waals surface area contributed by atoms with E-state index in [1.807, 2.05) is 12.1 Å². The van der Waals surface area contributed by atoms with E-state index < -0.39 is 4.92 Å². The molecule has 3 rings (SSSR count). The summed E-state index contributed by atoms with van der Waals surface area (Å²) in [6.45, 7) is 4.03. The van der Waals surface area contributed by atoms with Gasteiger partial charge in [-0.15, -0.1) is 0 Å². The number of amides is 1. The molecule has 29 heavy (non-hydrogen) atoms. The average Bonchev–Trinajstić information content (AvgIpc) is 2.74. The van der Waals surface area contributed by atoms with Crippen molar-refractivity contribution in [2.75, 3.05) is 25.0 Å². The average molecular weight is 396 g/mol. The van der Waals surface area contributed by atoms with Crippen LogP contribution in [0.15, 0.2) is 48.5 Å². The SMILES string of the molecule is O=C(CCNc1ccccc1[N+](=O)[O-])NCc1ccccc1CN1CCCCC1. The van der Waals surface area contributed by atoms with E-state index in [-0.39, 0.29) is 18.0 Å². The minimum atomic E-state index is -0.429. The van der Waals surface area contributed by atoms with Crippen molar-refractivity contribution in [2.45, 2.75) is 38.8 Å². The maximum Gasteiger partial charge on any atom is 0.292 e. The third-order valence-electron chi connectivity index (χ3n) is 5.21. The number of piperidine rings is 1. The topological polar surface area (TPSA) is 87.5 Å². The maximum absolute atomic E-state index is 12.2. The van der Waals surface area contributed by atoms with Gasteiger partial charge in [0.1, 0.15) is 5.69 Å². The summed E-state index contributed by atoms with van der Waals surface area (Å²) >= 11 is 0. The van der Waals surface area contributed by atoms with Crippen LogP contribution in [-0.2, 0) is 17.9 Å². The molecule has 7 heteroatoms. The number of rotatable bonds is 9. The van der Waals surface area contributed by atoms with Gasteiger partial charge in [-0.2, -0.15) is 0 Å². The highest BCUT2D eigenvalue weighted by Gasteiger charge is 2.14. The Bertz CT molecular complexity index is 834. The van der Waals surface area contributed by atoms with E-state index in [9.17, 15) is 14.9 Å². The summed E-state index contributed by atoms with van der Waals surface area (Å²) in [7, 11) is 0. The Morgan fingerprint density at radius 1 is 1.00 bits per heavy atom. The van der Waals surface area contributed by atoms with E-state index >= 15 is 0 Å². The molecule has 154 valence electrons. The fraction of sp³-hybridized carbons (Fsp3) is 0.409. The number of nitro groups is 1. The van der Waals surface area contributed by atoms with Crippen molar-refractivity contribution in [3.8, 4) is 0 Å². The molecule has 1 aliphatic rings. The zero-order chi connectivity index (χ0) is 20.5. The highest BCUT2D eigenvalue weighted by atomic mass is 16.6. The second-order valence-electron chi connectivity index (χ2n) is 7.33. The van der Waals surface area contributed by atoms with Crippen LogP contribution >= 0.6 is 0 Å². The van der Waals surface area contributed by atoms with Crippen molar-refractivity contribution < 1.29 is 9.72 Å². The quantitative estimate of drug-likeness (QED) is 0.498. The largest absolute Gasteiger partial charge is 0.379 e. The summed E-state index contributed by atoms with van der Waals surface area (Å²) in [5.41, 5.74) is 2.84. The highest BCUT2D eigenvalue weighted by Crippen LogP contribution is 2.23. The third-order valence-corrected chi connectivity index (χ3v) is 5.21. The van der Waals surface area contributed by atoms with Gasteiger partial charge in [-0.1, -0.05) is 42.8 Å². The molecule has 2 aromatic rings. The molecule has 0 bridgehead atoms. The number of nitrogens with zero attached hydrogens (tertiary/aromatic N) is 2. The summed E-state index contributed by atoms with van der Waals surface area (Å²) in [6.07, 6.45) is 4.08. The van der Waals surface area contributed by atoms with E-state index in [1.54, 1.807) is 18.2 Å². The van der Waals surface area contributed by atoms with Gasteiger partial charge in [0.2, 0.25) is 5.91 Å². The number of nitro benzene ring substituents is 1. The van der Waals surface area contributed by atoms with Gasteiger partial charge in [-0.3, -0.25) is 19.8 Å². The van der Waals surface area contributed by atoms with Crippen LogP contribution in [0.2, 0.25) is 0 Å². The van der Waals surface area contributed by atoms with Crippen LogP contribution in [0.1, 0.15) is 36.8 Å². The molecule has 0 atom stereocenters. The van der Waals surface area contributed by atoms with E-state index in [4.69, 9.17) is 0 Å². The summed E-state index contributed by atoms with van der Waals surface area (Å²) < 4.78 is 0. The Kier molecular flexibility index (Phi) is 7.58. The zero-order valence-electron chi connectivity index (χ0n) is 16.6. The van der Waals surface area contributed by atoms with Gasteiger partial charge in [0.25, 0.3) is 5.69 Å². The minimum absolute atomic E-state index is 0.0135. The normalized spacial score (nSPS) is 14.3. The van der Waals surface area contributed by atoms with Gasteiger partial charge >= 0.3 is 0 Å². The van der Waals surface area contributed by atoms with Crippen LogP contribution in [0.5, 0.6) is 0 Å². The number of carbonyl (C=O) groups excluding carboxylic acids is 1. The Balaban J connectivity index is 1.47. The number of likely N-dealkylation sites (tertiary alicyclic amines) is 1. The number of carbonyl (C=O) groups is 1. The maximum atomic E-state index is 12.2. The highest BCUT2D eigenvalue weighted by molar-refractivity contribution is 5.76. The van der Waals surface area contributed by atoms with Crippen LogP contribution in [0.3, 0.4) is 0 Å². The molecule has 0 saturated carbocycles. The van der Waals surface area contributed by atoms with Gasteiger partial charge < -0.3 is 10.6 Å². The van der Waals surface area contributed by atoms with Crippen molar-refractivity contribution in [1.29, 1.82) is 0 Å². The monoisotopic (exact) mass is 396 g/mol. The second-order valence-corrected chi connectivity index (χ2v) is 7.33. The first kappa shape index (κ1) is 20.8. The van der Waals surface area contributed by atoms with Gasteiger partial charge in [0.05, 0.1) is 4.92 Å². The lowest BCUT2D eigenvalue weighted by Gasteiger charge is -2.27. The number of hydrogen-bond donors (Lipinski definition) is 2. The van der Waals surface area contributed by atoms with E-state index in [0.29, 0.717) is 18.8 Å². The fourth-order valence-electron chi connectivity index (χ4n) is 3.62. The molecule has 2 N–H and O–H groups in total. The molecule has 0 aliphatic carbocycles. The predicted octanol–water partition coefficient (Wildman–Crippen LogP) is 3.70. The van der Waals surface area contributed by atoms with Gasteiger partial charge in [0.15, 0.2) is 0 Å². The number of para-hydroxylation sites is 2. The van der Waals surface area contributed by atoms with E-state index in [2.05, 4.69) is 27.7 Å². The molecule has 0 aromatic heterocycles. The molecular weight excluding hydrogens is 368 g/mol. The number of hydrogen-bond acceptors (Lipinski definition) is 5. The summed E-state index contributed by atoms with van der Waals surface area (Å²) in [5.74, 6) is -0.0798. The Morgan fingerprint density at radius 2 is 1.69 bits per heavy atom. The molecule has 0 spiro atoms. The van der Waals surface area contributed by atoms with Gasteiger partial charge in [-0.05, 0) is 43.1 Å². The lowest BCUT2D eigenvalue weighted by molar-refractivity contribution is -0.384. The molecule has 1 amide bonds. The van der Waals surface area contributed by atoms with Crippen molar-refractivity contribution >= 4 is 17.3 Å². The lowest BCUT2D eigenvalue weighted by Crippen LogP contribution is -2.30. The lowest BCUT2D eigenvalue weighted by atomic mass is 10.0. The Hall–Kier alpha value is -2.93. The van der Waals surface area contributed by atoms with Crippen molar-refractivity contribution in [2.24, 2.45) is 0 Å². The minimum Gasteiger partial charge on any atom is -0.379 e. The van der Waals surface area contributed by atoms with E-state index in [0.717, 1.165) is 25.2 Å². The molecule has 1 fully saturated rings. The van der Waals surface area contributed by atoms with Gasteiger partial charge in [0, 0.05) is 32.1 Å². The summed E-state index contributed by atoms with van der Waals surface area (Å²) in [4.78, 5) is 25.3. The van der Waals surface area contributed by atoms with Gasteiger partial charge in [-0.25, -0.2) is 0 Å². The first-order valence-electron chi connectivity index (χ1n) is 10.2. The molecule has 0 unspecified atom stereocenters. The molecule has 2 aromatic carbocycles. The molecule has 1 aliphatic heterocycles. The molecule has 0 radical (unpaired) electrons. The van der Waals surface area contributed by atoms with Crippen LogP contribution in [0.4, 0.5) is 11.4 Å². The Morgan fingerprint density at radius 3 is 2.45 bits per heavy atom. The van der Waals surface area contributed by atoms with E-state index in [1.165, 1.54) is 30.9 Å². The van der Waals surface area contributed by atoms with Crippen molar-refractivity contribution in [3.63, 3.8) is 0 Å². The van der Waals surface area contributed by atoms with Crippen molar-refractivity contribution in [1.82, 2.24) is 10.2 Å².